The molecule has 23 heavy (non-hydrogen) atoms. The lowest BCUT2D eigenvalue weighted by Gasteiger charge is -2.13. The average molecular weight is 352 g/mol. The van der Waals surface area contributed by atoms with Gasteiger partial charge in [0.2, 0.25) is 0 Å². The summed E-state index contributed by atoms with van der Waals surface area (Å²) in [6.45, 7) is 6.70. The molecule has 1 N–H and O–H groups in total. The third kappa shape index (κ3) is 6.42. The van der Waals surface area contributed by atoms with Gasteiger partial charge in [0.15, 0.2) is 0 Å². The highest BCUT2D eigenvalue weighted by atomic mass is 35.5. The Labute approximate surface area is 148 Å². The number of ether oxygens (including phenoxy) is 1. The summed E-state index contributed by atoms with van der Waals surface area (Å²) in [4.78, 5) is 0. The highest BCUT2D eigenvalue weighted by molar-refractivity contribution is 6.30. The second kappa shape index (κ2) is 9.17. The first-order valence-corrected chi connectivity index (χ1v) is 8.66. The van der Waals surface area contributed by atoms with E-state index in [9.17, 15) is 0 Å². The molecule has 0 radical (unpaired) electrons. The normalized spacial score (nSPS) is 11.0. The van der Waals surface area contributed by atoms with Crippen LogP contribution in [0.2, 0.25) is 10.0 Å². The van der Waals surface area contributed by atoms with Crippen molar-refractivity contribution in [2.75, 3.05) is 6.54 Å². The van der Waals surface area contributed by atoms with E-state index in [2.05, 4.69) is 19.2 Å². The SMILES string of the molecule is CC(C)CCNCc1cc(Cl)ccc1OCc1ccc(Cl)cc1. The van der Waals surface area contributed by atoms with Crippen molar-refractivity contribution in [3.63, 3.8) is 0 Å². The van der Waals surface area contributed by atoms with E-state index in [4.69, 9.17) is 27.9 Å². The molecule has 2 rings (SSSR count). The summed E-state index contributed by atoms with van der Waals surface area (Å²) >= 11 is 12.0. The molecular weight excluding hydrogens is 329 g/mol. The minimum atomic E-state index is 0.512. The van der Waals surface area contributed by atoms with Crippen LogP contribution in [0.25, 0.3) is 0 Å². The van der Waals surface area contributed by atoms with Crippen LogP contribution < -0.4 is 10.1 Å². The highest BCUT2D eigenvalue weighted by Gasteiger charge is 2.06. The monoisotopic (exact) mass is 351 g/mol. The van der Waals surface area contributed by atoms with Crippen molar-refractivity contribution < 1.29 is 4.74 Å². The molecule has 0 bridgehead atoms. The maximum atomic E-state index is 6.12. The van der Waals surface area contributed by atoms with E-state index < -0.39 is 0 Å². The first-order valence-electron chi connectivity index (χ1n) is 7.91. The number of hydrogen-bond donors (Lipinski definition) is 1. The van der Waals surface area contributed by atoms with Gasteiger partial charge in [0.25, 0.3) is 0 Å². The van der Waals surface area contributed by atoms with Gasteiger partial charge in [-0.25, -0.2) is 0 Å². The maximum Gasteiger partial charge on any atom is 0.124 e. The largest absolute Gasteiger partial charge is 0.489 e. The van der Waals surface area contributed by atoms with Gasteiger partial charge in [0.05, 0.1) is 0 Å². The molecule has 0 heterocycles. The molecule has 0 amide bonds. The number of hydrogen-bond acceptors (Lipinski definition) is 2. The third-order valence-electron chi connectivity index (χ3n) is 3.54. The van der Waals surface area contributed by atoms with Crippen LogP contribution in [0, 0.1) is 5.92 Å². The van der Waals surface area contributed by atoms with Crippen LogP contribution in [0.15, 0.2) is 42.5 Å². The van der Waals surface area contributed by atoms with Gasteiger partial charge in [0, 0.05) is 22.2 Å². The van der Waals surface area contributed by atoms with Crippen LogP contribution in [-0.4, -0.2) is 6.54 Å². The first kappa shape index (κ1) is 18.1. The zero-order chi connectivity index (χ0) is 16.7. The van der Waals surface area contributed by atoms with Crippen molar-refractivity contribution >= 4 is 23.2 Å². The molecule has 2 aromatic carbocycles. The Morgan fingerprint density at radius 2 is 1.70 bits per heavy atom. The fraction of sp³-hybridized carbons (Fsp3) is 0.368. The van der Waals surface area contributed by atoms with Gasteiger partial charge in [-0.3, -0.25) is 0 Å². The van der Waals surface area contributed by atoms with Crippen LogP contribution >= 0.6 is 23.2 Å². The van der Waals surface area contributed by atoms with Gasteiger partial charge in [-0.2, -0.15) is 0 Å². The van der Waals surface area contributed by atoms with Gasteiger partial charge in [0.1, 0.15) is 12.4 Å². The first-order chi connectivity index (χ1) is 11.0. The molecule has 0 spiro atoms. The molecule has 0 aromatic heterocycles. The second-order valence-corrected chi connectivity index (χ2v) is 6.90. The molecule has 0 fully saturated rings. The predicted molar refractivity (Wildman–Crippen MR) is 98.4 cm³/mol. The molecule has 2 nitrogen and oxygen atoms in total. The zero-order valence-electron chi connectivity index (χ0n) is 13.6. The molecule has 0 unspecified atom stereocenters. The van der Waals surface area contributed by atoms with Crippen molar-refractivity contribution in [2.45, 2.75) is 33.4 Å². The summed E-state index contributed by atoms with van der Waals surface area (Å²) in [6, 6.07) is 13.4. The van der Waals surface area contributed by atoms with E-state index in [0.29, 0.717) is 12.5 Å². The Kier molecular flexibility index (Phi) is 7.22. The third-order valence-corrected chi connectivity index (χ3v) is 4.03. The van der Waals surface area contributed by atoms with Gasteiger partial charge in [-0.15, -0.1) is 0 Å². The smallest absolute Gasteiger partial charge is 0.124 e. The molecule has 0 saturated carbocycles. The summed E-state index contributed by atoms with van der Waals surface area (Å²) in [5.41, 5.74) is 2.17. The van der Waals surface area contributed by atoms with E-state index in [-0.39, 0.29) is 0 Å². The summed E-state index contributed by atoms with van der Waals surface area (Å²) in [5, 5.41) is 4.91. The lowest BCUT2D eigenvalue weighted by atomic mass is 10.1. The van der Waals surface area contributed by atoms with Gasteiger partial charge < -0.3 is 10.1 Å². The fourth-order valence-electron chi connectivity index (χ4n) is 2.18. The van der Waals surface area contributed by atoms with Gasteiger partial charge in [-0.1, -0.05) is 49.2 Å². The van der Waals surface area contributed by atoms with Crippen molar-refractivity contribution in [2.24, 2.45) is 5.92 Å². The number of nitrogens with one attached hydrogen (secondary N) is 1. The second-order valence-electron chi connectivity index (χ2n) is 6.03. The maximum absolute atomic E-state index is 6.12. The molecule has 4 heteroatoms. The standard InChI is InChI=1S/C19H23Cl2NO/c1-14(2)9-10-22-12-16-11-18(21)7-8-19(16)23-13-15-3-5-17(20)6-4-15/h3-8,11,14,22H,9-10,12-13H2,1-2H3. The van der Waals surface area contributed by atoms with E-state index in [0.717, 1.165) is 46.4 Å². The van der Waals surface area contributed by atoms with Crippen LogP contribution in [0.1, 0.15) is 31.4 Å². The quantitative estimate of drug-likeness (QED) is 0.615. The Balaban J connectivity index is 1.95. The molecule has 0 atom stereocenters. The Morgan fingerprint density at radius 3 is 2.39 bits per heavy atom. The Hall–Kier alpha value is -1.22. The summed E-state index contributed by atoms with van der Waals surface area (Å²) in [7, 11) is 0. The van der Waals surface area contributed by atoms with Crippen molar-refractivity contribution in [1.82, 2.24) is 5.32 Å². The van der Waals surface area contributed by atoms with Gasteiger partial charge in [-0.05, 0) is 54.8 Å². The van der Waals surface area contributed by atoms with Crippen LogP contribution in [0.5, 0.6) is 5.75 Å². The Bertz CT molecular complexity index is 611. The Morgan fingerprint density at radius 1 is 1.00 bits per heavy atom. The van der Waals surface area contributed by atoms with Crippen LogP contribution in [0.4, 0.5) is 0 Å². The number of benzene rings is 2. The van der Waals surface area contributed by atoms with Crippen LogP contribution in [-0.2, 0) is 13.2 Å². The lowest BCUT2D eigenvalue weighted by molar-refractivity contribution is 0.302. The number of rotatable bonds is 8. The number of halogens is 2. The van der Waals surface area contributed by atoms with Crippen molar-refractivity contribution in [1.29, 1.82) is 0 Å². The molecule has 0 aliphatic carbocycles. The molecule has 2 aromatic rings. The molecular formula is C19H23Cl2NO. The van der Waals surface area contributed by atoms with Crippen LogP contribution in [0.3, 0.4) is 0 Å². The topological polar surface area (TPSA) is 21.3 Å². The zero-order valence-corrected chi connectivity index (χ0v) is 15.1. The van der Waals surface area contributed by atoms with E-state index >= 15 is 0 Å². The van der Waals surface area contributed by atoms with Crippen molar-refractivity contribution in [3.05, 3.63) is 63.6 Å². The van der Waals surface area contributed by atoms with E-state index in [1.165, 1.54) is 0 Å². The van der Waals surface area contributed by atoms with Crippen molar-refractivity contribution in [3.8, 4) is 5.75 Å². The minimum Gasteiger partial charge on any atom is -0.489 e. The summed E-state index contributed by atoms with van der Waals surface area (Å²) < 4.78 is 5.95. The fourth-order valence-corrected chi connectivity index (χ4v) is 2.50. The minimum absolute atomic E-state index is 0.512. The predicted octanol–water partition coefficient (Wildman–Crippen LogP) is 5.71. The average Bonchev–Trinajstić information content (AvgIpc) is 2.52. The summed E-state index contributed by atoms with van der Waals surface area (Å²) in [5.74, 6) is 1.56. The molecule has 124 valence electrons. The van der Waals surface area contributed by atoms with E-state index in [1.54, 1.807) is 0 Å². The summed E-state index contributed by atoms with van der Waals surface area (Å²) in [6.07, 6.45) is 1.15. The molecule has 0 saturated heterocycles. The van der Waals surface area contributed by atoms with Gasteiger partial charge >= 0.3 is 0 Å². The highest BCUT2D eigenvalue weighted by Crippen LogP contribution is 2.24. The van der Waals surface area contributed by atoms with E-state index in [1.807, 2.05) is 42.5 Å². The molecule has 0 aliphatic rings. The molecule has 0 aliphatic heterocycles. The lowest BCUT2D eigenvalue weighted by Crippen LogP contribution is -2.17.